The van der Waals surface area contributed by atoms with Gasteiger partial charge in [-0.15, -0.1) is 11.3 Å². The Bertz CT molecular complexity index is 851. The number of nitrogens with zero attached hydrogens (tertiary/aromatic N) is 2. The zero-order chi connectivity index (χ0) is 19.2. The number of nitrogens with two attached hydrogens (primary N) is 1. The Morgan fingerprint density at radius 3 is 2.74 bits per heavy atom. The van der Waals surface area contributed by atoms with Crippen LogP contribution in [0.2, 0.25) is 0 Å². The third-order valence-electron chi connectivity index (χ3n) is 4.54. The van der Waals surface area contributed by atoms with E-state index in [0.717, 1.165) is 11.8 Å². The van der Waals surface area contributed by atoms with Gasteiger partial charge in [-0.25, -0.2) is 4.98 Å². The van der Waals surface area contributed by atoms with Gasteiger partial charge < -0.3 is 25.6 Å². The number of aromatic nitrogens is 1. The Labute approximate surface area is 185 Å². The number of carbonyl (C=O) groups is 3. The molecule has 1 aromatic rings. The number of fused-ring (bicyclic) bond motifs is 1. The van der Waals surface area contributed by atoms with Crippen LogP contribution in [0.25, 0.3) is 6.08 Å². The van der Waals surface area contributed by atoms with Gasteiger partial charge in [0.15, 0.2) is 0 Å². The number of aliphatic carboxylic acids is 1. The SMILES string of the molecule is C[C@@H](O)[C@H]1C(=O)N2C(C(=O)[O-])=C(S/C=C\c3scnc3C(N)=O)[C@H](C)[C@H]12.[Na+]. The van der Waals surface area contributed by atoms with Gasteiger partial charge in [0.2, 0.25) is 5.91 Å². The van der Waals surface area contributed by atoms with Crippen molar-refractivity contribution in [3.05, 3.63) is 32.1 Å². The summed E-state index contributed by atoms with van der Waals surface area (Å²) in [5.74, 6) is -3.36. The molecule has 3 N–H and O–H groups in total. The van der Waals surface area contributed by atoms with Gasteiger partial charge in [-0.2, -0.15) is 0 Å². The number of carboxylic acid groups (broad SMARTS) is 1. The topological polar surface area (TPSA) is 137 Å². The van der Waals surface area contributed by atoms with Crippen molar-refractivity contribution in [1.82, 2.24) is 9.88 Å². The average molecular weight is 417 g/mol. The molecule has 1 fully saturated rings. The first-order chi connectivity index (χ1) is 12.3. The molecule has 138 valence electrons. The van der Waals surface area contributed by atoms with Crippen molar-refractivity contribution in [2.45, 2.75) is 26.0 Å². The van der Waals surface area contributed by atoms with Crippen molar-refractivity contribution in [1.29, 1.82) is 0 Å². The molecule has 1 saturated heterocycles. The molecular formula is C16H16N3NaO5S2. The number of aliphatic hydroxyl groups is 1. The number of carbonyl (C=O) groups excluding carboxylic acids is 3. The van der Waals surface area contributed by atoms with E-state index >= 15 is 0 Å². The minimum atomic E-state index is -1.43. The van der Waals surface area contributed by atoms with Gasteiger partial charge in [0.05, 0.1) is 40.1 Å². The molecule has 0 radical (unpaired) electrons. The van der Waals surface area contributed by atoms with Gasteiger partial charge in [0.25, 0.3) is 5.91 Å². The van der Waals surface area contributed by atoms with Crippen LogP contribution in [-0.4, -0.2) is 44.9 Å². The first-order valence-electron chi connectivity index (χ1n) is 7.78. The standard InChI is InChI=1S/C16H17N3O5S2.Na/c1-6-11-9(7(2)20)15(22)19(11)12(16(23)24)13(6)25-4-3-8-10(14(17)21)18-5-26-8;/h3-7,9,11,20H,1-2H3,(H2,17,21)(H,23,24);/q;+1/p-1/b4-3-;/t6-,7-,9-,11-;/m1./s1. The zero-order valence-electron chi connectivity index (χ0n) is 14.9. The molecule has 3 rings (SSSR count). The van der Waals surface area contributed by atoms with Crippen molar-refractivity contribution >= 4 is 47.0 Å². The number of thioether (sulfide) groups is 1. The number of hydrogen-bond acceptors (Lipinski definition) is 8. The van der Waals surface area contributed by atoms with Gasteiger partial charge in [-0.3, -0.25) is 9.59 Å². The van der Waals surface area contributed by atoms with Crippen molar-refractivity contribution in [2.24, 2.45) is 17.6 Å². The number of hydrogen-bond donors (Lipinski definition) is 2. The Balaban J connectivity index is 0.00000261. The summed E-state index contributed by atoms with van der Waals surface area (Å²) in [6.07, 6.45) is 0.767. The molecular weight excluding hydrogens is 401 g/mol. The second-order valence-electron chi connectivity index (χ2n) is 6.10. The molecule has 2 aliphatic rings. The van der Waals surface area contributed by atoms with E-state index < -0.39 is 35.8 Å². The Kier molecular flexibility index (Phi) is 6.93. The second-order valence-corrected chi connectivity index (χ2v) is 7.94. The summed E-state index contributed by atoms with van der Waals surface area (Å²) in [5, 5.41) is 23.0. The van der Waals surface area contributed by atoms with Crippen molar-refractivity contribution < 1.29 is 54.2 Å². The van der Waals surface area contributed by atoms with E-state index in [1.54, 1.807) is 11.5 Å². The zero-order valence-corrected chi connectivity index (χ0v) is 18.5. The van der Waals surface area contributed by atoms with E-state index in [2.05, 4.69) is 4.98 Å². The van der Waals surface area contributed by atoms with E-state index in [0.29, 0.717) is 9.78 Å². The number of carboxylic acids is 1. The fourth-order valence-corrected chi connectivity index (χ4v) is 5.16. The monoisotopic (exact) mass is 417 g/mol. The normalized spacial score (nSPS) is 25.2. The molecule has 2 amide bonds. The van der Waals surface area contributed by atoms with Crippen LogP contribution in [0.1, 0.15) is 29.2 Å². The number of primary amides is 1. The van der Waals surface area contributed by atoms with Gasteiger partial charge in [0, 0.05) is 10.8 Å². The van der Waals surface area contributed by atoms with Crippen molar-refractivity contribution in [2.75, 3.05) is 0 Å². The summed E-state index contributed by atoms with van der Waals surface area (Å²) in [4.78, 5) is 41.2. The summed E-state index contributed by atoms with van der Waals surface area (Å²) < 4.78 is 0. The number of thiazole rings is 1. The predicted octanol–water partition coefficient (Wildman–Crippen LogP) is -3.23. The summed E-state index contributed by atoms with van der Waals surface area (Å²) in [7, 11) is 0. The van der Waals surface area contributed by atoms with Crippen molar-refractivity contribution in [3.63, 3.8) is 0 Å². The minimum Gasteiger partial charge on any atom is -0.543 e. The van der Waals surface area contributed by atoms with E-state index in [4.69, 9.17) is 5.73 Å². The largest absolute Gasteiger partial charge is 1.00 e. The molecule has 0 aromatic carbocycles. The summed E-state index contributed by atoms with van der Waals surface area (Å²) in [6, 6.07) is -0.393. The van der Waals surface area contributed by atoms with E-state index in [1.807, 2.05) is 6.92 Å². The Morgan fingerprint density at radius 2 is 2.19 bits per heavy atom. The van der Waals surface area contributed by atoms with E-state index in [-0.39, 0.29) is 46.9 Å². The van der Waals surface area contributed by atoms with Crippen LogP contribution < -0.4 is 40.4 Å². The quantitative estimate of drug-likeness (QED) is 0.367. The number of aliphatic hydroxyl groups excluding tert-OH is 1. The molecule has 2 aliphatic heterocycles. The molecule has 1 aromatic heterocycles. The first kappa shape index (κ1) is 22.1. The van der Waals surface area contributed by atoms with Gasteiger partial charge in [-0.05, 0) is 18.4 Å². The molecule has 11 heteroatoms. The first-order valence-corrected chi connectivity index (χ1v) is 9.54. The molecule has 27 heavy (non-hydrogen) atoms. The maximum atomic E-state index is 12.2. The molecule has 0 bridgehead atoms. The van der Waals surface area contributed by atoms with Crippen LogP contribution >= 0.6 is 23.1 Å². The fourth-order valence-electron chi connectivity index (χ4n) is 3.40. The minimum absolute atomic E-state index is 0. The smallest absolute Gasteiger partial charge is 0.543 e. The molecule has 0 spiro atoms. The van der Waals surface area contributed by atoms with Gasteiger partial charge >= 0.3 is 29.6 Å². The van der Waals surface area contributed by atoms with Crippen LogP contribution in [0, 0.1) is 11.8 Å². The fraction of sp³-hybridized carbons (Fsp3) is 0.375. The number of rotatable bonds is 6. The molecule has 0 unspecified atom stereocenters. The maximum Gasteiger partial charge on any atom is 1.00 e. The maximum absolute atomic E-state index is 12.2. The third kappa shape index (κ3) is 3.74. The summed E-state index contributed by atoms with van der Waals surface area (Å²) in [6.45, 7) is 3.33. The molecule has 8 nitrogen and oxygen atoms in total. The number of β-lactam (4-membered cyclic amide) rings is 1. The number of amides is 2. The van der Waals surface area contributed by atoms with E-state index in [9.17, 15) is 24.6 Å². The summed E-state index contributed by atoms with van der Waals surface area (Å²) in [5.41, 5.74) is 6.73. The second kappa shape index (κ2) is 8.46. The molecule has 4 atom stereocenters. The van der Waals surface area contributed by atoms with Crippen LogP contribution in [0.4, 0.5) is 0 Å². The molecule has 3 heterocycles. The van der Waals surface area contributed by atoms with Gasteiger partial charge in [0.1, 0.15) is 5.69 Å². The van der Waals surface area contributed by atoms with Crippen LogP contribution in [-0.2, 0) is 9.59 Å². The predicted molar refractivity (Wildman–Crippen MR) is 94.3 cm³/mol. The van der Waals surface area contributed by atoms with E-state index in [1.165, 1.54) is 28.7 Å². The van der Waals surface area contributed by atoms with Crippen molar-refractivity contribution in [3.8, 4) is 0 Å². The Morgan fingerprint density at radius 1 is 1.52 bits per heavy atom. The average Bonchev–Trinajstić information content (AvgIpc) is 3.10. The summed E-state index contributed by atoms with van der Waals surface area (Å²) >= 11 is 2.37. The van der Waals surface area contributed by atoms with Crippen LogP contribution in [0.5, 0.6) is 0 Å². The molecule has 0 aliphatic carbocycles. The third-order valence-corrected chi connectivity index (χ3v) is 6.43. The molecule has 0 saturated carbocycles. The Hall–Kier alpha value is -1.17. The van der Waals surface area contributed by atoms with Crippen LogP contribution in [0.15, 0.2) is 21.5 Å². The van der Waals surface area contributed by atoms with Crippen LogP contribution in [0.3, 0.4) is 0 Å². The van der Waals surface area contributed by atoms with Gasteiger partial charge in [-0.1, -0.05) is 18.7 Å².